The Morgan fingerprint density at radius 1 is 1.11 bits per heavy atom. The van der Waals surface area contributed by atoms with Crippen LogP contribution in [0.4, 0.5) is 5.69 Å². The number of hydrogen-bond donors (Lipinski definition) is 2. The number of nitrogens with two attached hydrogens (primary N) is 1. The van der Waals surface area contributed by atoms with E-state index in [1.54, 1.807) is 0 Å². The van der Waals surface area contributed by atoms with Crippen LogP contribution in [0.15, 0.2) is 48.5 Å². The van der Waals surface area contributed by atoms with Gasteiger partial charge < -0.3 is 10.6 Å². The molecule has 0 atom stereocenters. The lowest BCUT2D eigenvalue weighted by atomic mass is 10.1. The van der Waals surface area contributed by atoms with E-state index in [2.05, 4.69) is 31.0 Å². The highest BCUT2D eigenvalue weighted by atomic mass is 15.1. The summed E-state index contributed by atoms with van der Waals surface area (Å²) in [6, 6.07) is 16.1. The molecule has 0 heterocycles. The van der Waals surface area contributed by atoms with Crippen molar-refractivity contribution in [2.24, 2.45) is 5.73 Å². The minimum Gasteiger partial charge on any atom is -0.384 e. The topological polar surface area (TPSA) is 53.1 Å². The van der Waals surface area contributed by atoms with Crippen molar-refractivity contribution >= 4 is 11.5 Å². The third-order valence-electron chi connectivity index (χ3n) is 3.24. The Morgan fingerprint density at radius 2 is 1.74 bits per heavy atom. The van der Waals surface area contributed by atoms with Crippen LogP contribution in [0.1, 0.15) is 16.7 Å². The molecule has 3 nitrogen and oxygen atoms in total. The number of nitrogen functional groups attached to an aromatic ring is 1. The summed E-state index contributed by atoms with van der Waals surface area (Å²) in [4.78, 5) is 2.18. The second-order valence-corrected chi connectivity index (χ2v) is 4.71. The average molecular weight is 253 g/mol. The minimum absolute atomic E-state index is 0.119. The highest BCUT2D eigenvalue weighted by molar-refractivity contribution is 5.96. The van der Waals surface area contributed by atoms with Gasteiger partial charge in [0.05, 0.1) is 0 Å². The number of benzene rings is 2. The van der Waals surface area contributed by atoms with E-state index in [-0.39, 0.29) is 5.84 Å². The smallest absolute Gasteiger partial charge is 0.123 e. The van der Waals surface area contributed by atoms with E-state index in [1.807, 2.05) is 36.4 Å². The van der Waals surface area contributed by atoms with E-state index in [0.29, 0.717) is 0 Å². The van der Waals surface area contributed by atoms with Crippen LogP contribution >= 0.6 is 0 Å². The number of hydrogen-bond acceptors (Lipinski definition) is 2. The maximum Gasteiger partial charge on any atom is 0.123 e. The molecule has 98 valence electrons. The molecule has 2 aromatic rings. The zero-order chi connectivity index (χ0) is 13.8. The monoisotopic (exact) mass is 253 g/mol. The van der Waals surface area contributed by atoms with E-state index >= 15 is 0 Å². The molecule has 2 rings (SSSR count). The zero-order valence-electron chi connectivity index (χ0n) is 11.4. The van der Waals surface area contributed by atoms with Crippen LogP contribution in [0.2, 0.25) is 0 Å². The summed E-state index contributed by atoms with van der Waals surface area (Å²) in [5.74, 6) is 0.119. The second kappa shape index (κ2) is 5.57. The molecule has 3 heteroatoms. The van der Waals surface area contributed by atoms with Crippen molar-refractivity contribution in [1.29, 1.82) is 5.41 Å². The molecule has 0 bridgehead atoms. The Hall–Kier alpha value is -2.29. The van der Waals surface area contributed by atoms with Crippen molar-refractivity contribution in [3.8, 4) is 0 Å². The van der Waals surface area contributed by atoms with Gasteiger partial charge in [0.25, 0.3) is 0 Å². The molecule has 0 aliphatic heterocycles. The standard InChI is InChI=1S/C16H19N3/c1-12-7-3-6-10-15(12)19(2)11-13-8-4-5-9-14(13)16(17)18/h3-10H,11H2,1-2H3,(H3,17,18). The van der Waals surface area contributed by atoms with Crippen LogP contribution in [0.5, 0.6) is 0 Å². The van der Waals surface area contributed by atoms with Crippen molar-refractivity contribution in [3.05, 3.63) is 65.2 Å². The fourth-order valence-corrected chi connectivity index (χ4v) is 2.25. The van der Waals surface area contributed by atoms with E-state index in [0.717, 1.165) is 17.7 Å². The number of nitrogens with zero attached hydrogens (tertiary/aromatic N) is 1. The lowest BCUT2D eigenvalue weighted by molar-refractivity contribution is 0.914. The molecule has 19 heavy (non-hydrogen) atoms. The van der Waals surface area contributed by atoms with Gasteiger partial charge in [0.2, 0.25) is 0 Å². The molecule has 2 aromatic carbocycles. The average Bonchev–Trinajstić information content (AvgIpc) is 2.39. The Morgan fingerprint density at radius 3 is 2.42 bits per heavy atom. The van der Waals surface area contributed by atoms with Gasteiger partial charge in [-0.2, -0.15) is 0 Å². The first-order valence-electron chi connectivity index (χ1n) is 6.28. The molecule has 0 fully saturated rings. The summed E-state index contributed by atoms with van der Waals surface area (Å²) in [5, 5.41) is 7.63. The Labute approximate surface area is 114 Å². The summed E-state index contributed by atoms with van der Waals surface area (Å²) >= 11 is 0. The summed E-state index contributed by atoms with van der Waals surface area (Å²) < 4.78 is 0. The summed E-state index contributed by atoms with van der Waals surface area (Å²) in [6.45, 7) is 2.84. The highest BCUT2D eigenvalue weighted by Crippen LogP contribution is 2.21. The first-order chi connectivity index (χ1) is 9.09. The molecule has 0 unspecified atom stereocenters. The third kappa shape index (κ3) is 2.94. The molecule has 0 radical (unpaired) electrons. The van der Waals surface area contributed by atoms with Crippen molar-refractivity contribution in [3.63, 3.8) is 0 Å². The Balaban J connectivity index is 2.27. The van der Waals surface area contributed by atoms with Gasteiger partial charge in [-0.05, 0) is 24.1 Å². The van der Waals surface area contributed by atoms with Crippen molar-refractivity contribution in [2.45, 2.75) is 13.5 Å². The number of nitrogens with one attached hydrogen (secondary N) is 1. The van der Waals surface area contributed by atoms with Gasteiger partial charge in [-0.25, -0.2) is 0 Å². The SMILES string of the molecule is Cc1ccccc1N(C)Cc1ccccc1C(=N)N. The molecular formula is C16H19N3. The molecule has 3 N–H and O–H groups in total. The molecule has 0 amide bonds. The molecule has 0 aliphatic rings. The third-order valence-corrected chi connectivity index (χ3v) is 3.24. The van der Waals surface area contributed by atoms with Crippen molar-refractivity contribution < 1.29 is 0 Å². The van der Waals surface area contributed by atoms with Crippen LogP contribution in [0.3, 0.4) is 0 Å². The van der Waals surface area contributed by atoms with Crippen LogP contribution in [0, 0.1) is 12.3 Å². The van der Waals surface area contributed by atoms with Crippen molar-refractivity contribution in [2.75, 3.05) is 11.9 Å². The van der Waals surface area contributed by atoms with Gasteiger partial charge in [0.1, 0.15) is 5.84 Å². The first kappa shape index (κ1) is 13.1. The summed E-state index contributed by atoms with van der Waals surface area (Å²) in [5.41, 5.74) is 9.94. The fourth-order valence-electron chi connectivity index (χ4n) is 2.25. The van der Waals surface area contributed by atoms with Crippen molar-refractivity contribution in [1.82, 2.24) is 0 Å². The number of para-hydroxylation sites is 1. The molecule has 0 spiro atoms. The largest absolute Gasteiger partial charge is 0.384 e. The van der Waals surface area contributed by atoms with Gasteiger partial charge in [0, 0.05) is 24.8 Å². The fraction of sp³-hybridized carbons (Fsp3) is 0.188. The van der Waals surface area contributed by atoms with E-state index < -0.39 is 0 Å². The Bertz CT molecular complexity index is 590. The lowest BCUT2D eigenvalue weighted by Crippen LogP contribution is -2.21. The quantitative estimate of drug-likeness (QED) is 0.650. The molecule has 0 saturated heterocycles. The minimum atomic E-state index is 0.119. The van der Waals surface area contributed by atoms with Gasteiger partial charge in [-0.3, -0.25) is 5.41 Å². The van der Waals surface area contributed by atoms with Gasteiger partial charge in [-0.1, -0.05) is 42.5 Å². The molecule has 0 aliphatic carbocycles. The molecular weight excluding hydrogens is 234 g/mol. The summed E-state index contributed by atoms with van der Waals surface area (Å²) in [6.07, 6.45) is 0. The highest BCUT2D eigenvalue weighted by Gasteiger charge is 2.09. The predicted molar refractivity (Wildman–Crippen MR) is 80.7 cm³/mol. The van der Waals surface area contributed by atoms with E-state index in [1.165, 1.54) is 11.3 Å². The maximum atomic E-state index is 7.63. The summed E-state index contributed by atoms with van der Waals surface area (Å²) in [7, 11) is 2.05. The van der Waals surface area contributed by atoms with E-state index in [4.69, 9.17) is 11.1 Å². The van der Waals surface area contributed by atoms with Gasteiger partial charge in [0.15, 0.2) is 0 Å². The number of anilines is 1. The van der Waals surface area contributed by atoms with Crippen LogP contribution in [-0.4, -0.2) is 12.9 Å². The Kier molecular flexibility index (Phi) is 3.85. The number of rotatable bonds is 4. The predicted octanol–water partition coefficient (Wildman–Crippen LogP) is 2.92. The van der Waals surface area contributed by atoms with Gasteiger partial charge >= 0.3 is 0 Å². The maximum absolute atomic E-state index is 7.63. The normalized spacial score (nSPS) is 10.2. The van der Waals surface area contributed by atoms with Gasteiger partial charge in [-0.15, -0.1) is 0 Å². The second-order valence-electron chi connectivity index (χ2n) is 4.71. The molecule has 0 saturated carbocycles. The van der Waals surface area contributed by atoms with Crippen LogP contribution in [0.25, 0.3) is 0 Å². The first-order valence-corrected chi connectivity index (χ1v) is 6.28. The zero-order valence-corrected chi connectivity index (χ0v) is 11.4. The number of amidine groups is 1. The van der Waals surface area contributed by atoms with E-state index in [9.17, 15) is 0 Å². The molecule has 0 aromatic heterocycles. The van der Waals surface area contributed by atoms with Crippen LogP contribution < -0.4 is 10.6 Å². The lowest BCUT2D eigenvalue weighted by Gasteiger charge is -2.22. The number of aryl methyl sites for hydroxylation is 1. The van der Waals surface area contributed by atoms with Crippen LogP contribution in [-0.2, 0) is 6.54 Å².